The van der Waals surface area contributed by atoms with Crippen molar-refractivity contribution in [2.75, 3.05) is 0 Å². The van der Waals surface area contributed by atoms with E-state index in [9.17, 15) is 0 Å². The number of rotatable bonds is 4. The topological polar surface area (TPSA) is 15.8 Å². The number of fused-ring (bicyclic) bond motifs is 1. The Morgan fingerprint density at radius 3 is 2.85 bits per heavy atom. The fourth-order valence-electron chi connectivity index (χ4n) is 2.65. The lowest BCUT2D eigenvalue weighted by Gasteiger charge is -2.23. The predicted molar refractivity (Wildman–Crippen MR) is 89.6 cm³/mol. The molecule has 0 aliphatic heterocycles. The van der Waals surface area contributed by atoms with E-state index < -0.39 is 0 Å². The minimum absolute atomic E-state index is 0.296. The predicted octanol–water partition coefficient (Wildman–Crippen LogP) is 3.93. The minimum atomic E-state index is 0.296. The number of allylic oxidation sites excluding steroid dienone is 5. The third-order valence-corrected chi connectivity index (χ3v) is 4.32. The van der Waals surface area contributed by atoms with Crippen molar-refractivity contribution < 1.29 is 0 Å². The lowest BCUT2D eigenvalue weighted by molar-refractivity contribution is 0.456. The number of hydrogen-bond acceptors (Lipinski definition) is 0. The van der Waals surface area contributed by atoms with E-state index in [1.165, 1.54) is 33.8 Å². The van der Waals surface area contributed by atoms with Crippen molar-refractivity contribution in [1.29, 1.82) is 0 Å². The molecule has 1 heterocycles. The van der Waals surface area contributed by atoms with Gasteiger partial charge in [-0.2, -0.15) is 0 Å². The Kier molecular flexibility index (Phi) is 4.17. The second-order valence-corrected chi connectivity index (χ2v) is 5.91. The highest BCUT2D eigenvalue weighted by Gasteiger charge is 2.20. The third kappa shape index (κ3) is 2.72. The number of nitrogens with one attached hydrogen (secondary N) is 1. The molecule has 0 spiro atoms. The van der Waals surface area contributed by atoms with Crippen LogP contribution in [-0.2, 0) is 0 Å². The molecular weight excluding hydrogens is 242 g/mol. The van der Waals surface area contributed by atoms with Gasteiger partial charge in [0.25, 0.3) is 0 Å². The second kappa shape index (κ2) is 5.70. The van der Waals surface area contributed by atoms with E-state index in [0.717, 1.165) is 6.42 Å². The quantitative estimate of drug-likeness (QED) is 0.796. The Hall–Kier alpha value is -1.76. The van der Waals surface area contributed by atoms with Crippen LogP contribution < -0.4 is 10.6 Å². The maximum atomic E-state index is 3.89. The molecule has 1 aliphatic carbocycles. The van der Waals surface area contributed by atoms with Crippen LogP contribution in [0, 0.1) is 5.41 Å². The molecule has 2 rings (SSSR count). The summed E-state index contributed by atoms with van der Waals surface area (Å²) in [5, 5.41) is 2.58. The zero-order valence-corrected chi connectivity index (χ0v) is 13.1. The lowest BCUT2D eigenvalue weighted by Crippen LogP contribution is -2.31. The molecule has 0 amide bonds. The summed E-state index contributed by atoms with van der Waals surface area (Å²) < 4.78 is 0. The van der Waals surface area contributed by atoms with Crippen LogP contribution >= 0.6 is 0 Å². The molecule has 1 nitrogen and oxygen atoms in total. The molecule has 0 saturated carbocycles. The van der Waals surface area contributed by atoms with Gasteiger partial charge in [-0.3, -0.25) is 0 Å². The summed E-state index contributed by atoms with van der Waals surface area (Å²) >= 11 is 0. The highest BCUT2D eigenvalue weighted by atomic mass is 14.7. The smallest absolute Gasteiger partial charge is 0.0467 e. The van der Waals surface area contributed by atoms with Crippen molar-refractivity contribution in [3.8, 4) is 0 Å². The average Bonchev–Trinajstić information content (AvgIpc) is 2.86. The molecule has 1 heteroatoms. The third-order valence-electron chi connectivity index (χ3n) is 4.32. The van der Waals surface area contributed by atoms with E-state index in [0.29, 0.717) is 5.41 Å². The Morgan fingerprint density at radius 2 is 2.25 bits per heavy atom. The fourth-order valence-corrected chi connectivity index (χ4v) is 2.65. The summed E-state index contributed by atoms with van der Waals surface area (Å²) in [6.07, 6.45) is 13.2. The van der Waals surface area contributed by atoms with Crippen molar-refractivity contribution in [2.45, 2.75) is 40.5 Å². The molecule has 0 saturated heterocycles. The van der Waals surface area contributed by atoms with E-state index in [4.69, 9.17) is 0 Å². The van der Waals surface area contributed by atoms with E-state index in [2.05, 4.69) is 62.7 Å². The second-order valence-electron chi connectivity index (χ2n) is 5.91. The summed E-state index contributed by atoms with van der Waals surface area (Å²) in [4.78, 5) is 3.55. The van der Waals surface area contributed by atoms with Gasteiger partial charge in [-0.1, -0.05) is 50.8 Å². The van der Waals surface area contributed by atoms with E-state index >= 15 is 0 Å². The molecule has 20 heavy (non-hydrogen) atoms. The lowest BCUT2D eigenvalue weighted by atomic mass is 9.81. The van der Waals surface area contributed by atoms with Gasteiger partial charge < -0.3 is 4.98 Å². The van der Waals surface area contributed by atoms with Gasteiger partial charge in [-0.25, -0.2) is 0 Å². The standard InChI is InChI=1S/C19H25N/c1-6-9-16(14(4)7-2)18-12-15-13-19(5,8-3)11-10-17(15)20-18/h6-7,9-10,12-13,20H,2,8,11H2,1,3-5H3/b9-6-,16-14+. The minimum Gasteiger partial charge on any atom is -0.355 e. The van der Waals surface area contributed by atoms with Crippen molar-refractivity contribution in [3.05, 3.63) is 52.7 Å². The van der Waals surface area contributed by atoms with E-state index in [1.54, 1.807) is 0 Å². The summed E-state index contributed by atoms with van der Waals surface area (Å²) in [6.45, 7) is 12.6. The van der Waals surface area contributed by atoms with Crippen LogP contribution in [0.2, 0.25) is 0 Å². The SMILES string of the molecule is C=C/C(C)=C(\C=C/C)c1cc2c([nH]1)=CCC(C)(CC)C=2. The van der Waals surface area contributed by atoms with Crippen LogP contribution in [0.4, 0.5) is 0 Å². The molecule has 0 fully saturated rings. The molecule has 1 unspecified atom stereocenters. The highest BCUT2D eigenvalue weighted by molar-refractivity contribution is 5.76. The molecule has 0 aromatic carbocycles. The van der Waals surface area contributed by atoms with Crippen LogP contribution in [0.5, 0.6) is 0 Å². The van der Waals surface area contributed by atoms with Crippen molar-refractivity contribution >= 4 is 17.7 Å². The van der Waals surface area contributed by atoms with Gasteiger partial charge in [0.1, 0.15) is 0 Å². The molecule has 1 aromatic rings. The molecule has 0 radical (unpaired) electrons. The van der Waals surface area contributed by atoms with Gasteiger partial charge in [0.05, 0.1) is 0 Å². The Labute approximate surface area is 122 Å². The molecule has 106 valence electrons. The van der Waals surface area contributed by atoms with Crippen LogP contribution in [0.1, 0.15) is 46.2 Å². The molecular formula is C19H25N. The molecule has 1 N–H and O–H groups in total. The molecule has 1 atom stereocenters. The first-order valence-corrected chi connectivity index (χ1v) is 7.41. The van der Waals surface area contributed by atoms with Crippen molar-refractivity contribution in [3.63, 3.8) is 0 Å². The molecule has 1 aromatic heterocycles. The Balaban J connectivity index is 2.60. The Bertz CT molecular complexity index is 682. The first-order valence-electron chi connectivity index (χ1n) is 7.41. The zero-order valence-electron chi connectivity index (χ0n) is 13.1. The van der Waals surface area contributed by atoms with Crippen LogP contribution in [0.25, 0.3) is 17.7 Å². The number of hydrogen-bond donors (Lipinski definition) is 1. The maximum Gasteiger partial charge on any atom is 0.0467 e. The van der Waals surface area contributed by atoms with Crippen LogP contribution in [0.3, 0.4) is 0 Å². The molecule has 1 aliphatic rings. The van der Waals surface area contributed by atoms with E-state index in [-0.39, 0.29) is 0 Å². The van der Waals surface area contributed by atoms with Gasteiger partial charge in [0, 0.05) is 16.6 Å². The number of H-pyrrole nitrogens is 1. The zero-order chi connectivity index (χ0) is 14.8. The van der Waals surface area contributed by atoms with Crippen molar-refractivity contribution in [1.82, 2.24) is 4.98 Å². The first-order chi connectivity index (χ1) is 9.53. The van der Waals surface area contributed by atoms with Gasteiger partial charge in [-0.05, 0) is 49.0 Å². The van der Waals surface area contributed by atoms with Crippen molar-refractivity contribution in [2.24, 2.45) is 5.41 Å². The summed E-state index contributed by atoms with van der Waals surface area (Å²) in [5.74, 6) is 0. The summed E-state index contributed by atoms with van der Waals surface area (Å²) in [5.41, 5.74) is 3.89. The van der Waals surface area contributed by atoms with E-state index in [1.807, 2.05) is 13.0 Å². The fraction of sp³-hybridized carbons (Fsp3) is 0.368. The Morgan fingerprint density at radius 1 is 1.50 bits per heavy atom. The van der Waals surface area contributed by atoms with Gasteiger partial charge in [-0.15, -0.1) is 0 Å². The highest BCUT2D eigenvalue weighted by Crippen LogP contribution is 2.29. The maximum absolute atomic E-state index is 3.89. The van der Waals surface area contributed by atoms with Gasteiger partial charge in [0.15, 0.2) is 0 Å². The summed E-state index contributed by atoms with van der Waals surface area (Å²) in [7, 11) is 0. The van der Waals surface area contributed by atoms with Gasteiger partial charge in [0.2, 0.25) is 0 Å². The first kappa shape index (κ1) is 14.6. The van der Waals surface area contributed by atoms with Gasteiger partial charge >= 0.3 is 0 Å². The monoisotopic (exact) mass is 267 g/mol. The van der Waals surface area contributed by atoms with Crippen LogP contribution in [0.15, 0.2) is 36.4 Å². The van der Waals surface area contributed by atoms with Crippen LogP contribution in [-0.4, -0.2) is 4.98 Å². The summed E-state index contributed by atoms with van der Waals surface area (Å²) in [6, 6.07) is 2.27. The normalized spacial score (nSPS) is 22.8. The number of aromatic nitrogens is 1. The number of aromatic amines is 1. The largest absolute Gasteiger partial charge is 0.355 e. The molecule has 0 bridgehead atoms. The average molecular weight is 267 g/mol.